The molecule has 0 aromatic heterocycles. The van der Waals surface area contributed by atoms with Gasteiger partial charge in [-0.1, -0.05) is 6.92 Å². The molecule has 106 valence electrons. The minimum atomic E-state index is -2.89. The number of aliphatic hydroxyl groups is 1. The van der Waals surface area contributed by atoms with Crippen molar-refractivity contribution in [3.05, 3.63) is 0 Å². The first-order chi connectivity index (χ1) is 8.43. The highest BCUT2D eigenvalue weighted by molar-refractivity contribution is 7.91. The first-order valence-corrected chi connectivity index (χ1v) is 8.33. The molecule has 0 aromatic rings. The lowest BCUT2D eigenvalue weighted by molar-refractivity contribution is -0.121. The fourth-order valence-corrected chi connectivity index (χ4v) is 4.00. The van der Waals surface area contributed by atoms with E-state index in [0.717, 1.165) is 12.8 Å². The normalized spacial score (nSPS) is 23.8. The summed E-state index contributed by atoms with van der Waals surface area (Å²) in [5.74, 6) is 0.572. The Labute approximate surface area is 109 Å². The van der Waals surface area contributed by atoms with Gasteiger partial charge in [-0.15, -0.1) is 0 Å². The van der Waals surface area contributed by atoms with Gasteiger partial charge >= 0.3 is 0 Å². The molecule has 2 N–H and O–H groups in total. The summed E-state index contributed by atoms with van der Waals surface area (Å²) in [4.78, 5) is 11.6. The molecule has 1 amide bonds. The van der Waals surface area contributed by atoms with Crippen LogP contribution in [0.2, 0.25) is 0 Å². The number of nitrogens with one attached hydrogen (secondary N) is 1. The zero-order chi connectivity index (χ0) is 13.6. The van der Waals surface area contributed by atoms with Gasteiger partial charge in [-0.25, -0.2) is 8.42 Å². The van der Waals surface area contributed by atoms with Gasteiger partial charge in [0.05, 0.1) is 11.5 Å². The lowest BCUT2D eigenvalue weighted by atomic mass is 10.0. The van der Waals surface area contributed by atoms with E-state index in [4.69, 9.17) is 5.11 Å². The Balaban J connectivity index is 2.11. The minimum absolute atomic E-state index is 0.00799. The number of aliphatic hydroxyl groups excluding tert-OH is 1. The lowest BCUT2D eigenvalue weighted by Gasteiger charge is -2.10. The van der Waals surface area contributed by atoms with E-state index < -0.39 is 9.84 Å². The van der Waals surface area contributed by atoms with Crippen molar-refractivity contribution in [2.75, 3.05) is 24.7 Å². The molecule has 0 bridgehead atoms. The molecule has 1 rings (SSSR count). The van der Waals surface area contributed by atoms with Gasteiger partial charge in [0.1, 0.15) is 0 Å². The van der Waals surface area contributed by atoms with Crippen molar-refractivity contribution in [2.45, 2.75) is 32.6 Å². The number of carbonyl (C=O) groups is 1. The highest BCUT2D eigenvalue weighted by Gasteiger charge is 2.29. The maximum absolute atomic E-state index is 11.6. The van der Waals surface area contributed by atoms with Crippen LogP contribution in [0.3, 0.4) is 0 Å². The monoisotopic (exact) mass is 277 g/mol. The van der Waals surface area contributed by atoms with Crippen LogP contribution in [0.25, 0.3) is 0 Å². The molecule has 0 saturated carbocycles. The van der Waals surface area contributed by atoms with Crippen LogP contribution >= 0.6 is 0 Å². The summed E-state index contributed by atoms with van der Waals surface area (Å²) in [5.41, 5.74) is 0. The van der Waals surface area contributed by atoms with E-state index in [1.165, 1.54) is 0 Å². The molecule has 5 nitrogen and oxygen atoms in total. The number of rotatable bonds is 7. The van der Waals surface area contributed by atoms with E-state index in [1.807, 2.05) is 6.92 Å². The molecule has 0 aliphatic carbocycles. The van der Waals surface area contributed by atoms with E-state index in [2.05, 4.69) is 5.32 Å². The van der Waals surface area contributed by atoms with Crippen molar-refractivity contribution in [3.8, 4) is 0 Å². The third-order valence-corrected chi connectivity index (χ3v) is 5.15. The van der Waals surface area contributed by atoms with E-state index in [0.29, 0.717) is 19.4 Å². The Kier molecular flexibility index (Phi) is 6.08. The molecule has 1 fully saturated rings. The molecule has 0 radical (unpaired) electrons. The smallest absolute Gasteiger partial charge is 0.220 e. The minimum Gasteiger partial charge on any atom is -0.396 e. The molecule has 18 heavy (non-hydrogen) atoms. The van der Waals surface area contributed by atoms with E-state index >= 15 is 0 Å². The van der Waals surface area contributed by atoms with Gasteiger partial charge in [0.2, 0.25) is 5.91 Å². The third-order valence-electron chi connectivity index (χ3n) is 3.31. The maximum atomic E-state index is 11.6. The second kappa shape index (κ2) is 7.09. The Bertz CT molecular complexity index is 366. The number of amides is 1. The van der Waals surface area contributed by atoms with Gasteiger partial charge in [0, 0.05) is 19.6 Å². The van der Waals surface area contributed by atoms with Crippen LogP contribution < -0.4 is 5.32 Å². The molecule has 1 heterocycles. The van der Waals surface area contributed by atoms with Crippen molar-refractivity contribution in [2.24, 2.45) is 11.8 Å². The topological polar surface area (TPSA) is 83.5 Å². The fraction of sp³-hybridized carbons (Fsp3) is 0.917. The van der Waals surface area contributed by atoms with Crippen LogP contribution in [0.1, 0.15) is 32.6 Å². The zero-order valence-electron chi connectivity index (χ0n) is 10.9. The Morgan fingerprint density at radius 2 is 2.22 bits per heavy atom. The Morgan fingerprint density at radius 3 is 2.78 bits per heavy atom. The van der Waals surface area contributed by atoms with Crippen molar-refractivity contribution >= 4 is 15.7 Å². The fourth-order valence-electron chi connectivity index (χ4n) is 2.14. The summed E-state index contributed by atoms with van der Waals surface area (Å²) in [5, 5.41) is 11.6. The van der Waals surface area contributed by atoms with E-state index in [9.17, 15) is 13.2 Å². The largest absolute Gasteiger partial charge is 0.396 e. The standard InChI is InChI=1S/C12H23NO4S/c1-10(8-14)3-2-5-13-12(15)7-11-4-6-18(16,17)9-11/h10-11,14H,2-9H2,1H3,(H,13,15). The third kappa shape index (κ3) is 5.82. The van der Waals surface area contributed by atoms with Crippen LogP contribution in [0, 0.1) is 11.8 Å². The zero-order valence-corrected chi connectivity index (χ0v) is 11.7. The maximum Gasteiger partial charge on any atom is 0.220 e. The molecule has 0 aromatic carbocycles. The van der Waals surface area contributed by atoms with Gasteiger partial charge in [-0.2, -0.15) is 0 Å². The van der Waals surface area contributed by atoms with Crippen LogP contribution in [-0.4, -0.2) is 44.1 Å². The molecule has 6 heteroatoms. The Morgan fingerprint density at radius 1 is 1.50 bits per heavy atom. The highest BCUT2D eigenvalue weighted by Crippen LogP contribution is 2.21. The summed E-state index contributed by atoms with van der Waals surface area (Å²) in [6.45, 7) is 2.74. The average Bonchev–Trinajstić information content (AvgIpc) is 2.63. The first-order valence-electron chi connectivity index (χ1n) is 6.51. The van der Waals surface area contributed by atoms with Gasteiger partial charge in [-0.3, -0.25) is 4.79 Å². The molecule has 2 atom stereocenters. The molecule has 0 spiro atoms. The average molecular weight is 277 g/mol. The van der Waals surface area contributed by atoms with Gasteiger partial charge in [-0.05, 0) is 31.1 Å². The van der Waals surface area contributed by atoms with Gasteiger partial charge in [0.25, 0.3) is 0 Å². The summed E-state index contributed by atoms with van der Waals surface area (Å²) in [7, 11) is -2.89. The number of hydrogen-bond donors (Lipinski definition) is 2. The van der Waals surface area contributed by atoms with E-state index in [-0.39, 0.29) is 35.9 Å². The summed E-state index contributed by atoms with van der Waals surface area (Å²) in [6.07, 6.45) is 2.65. The predicted octanol–water partition coefficient (Wildman–Crippen LogP) is 0.336. The number of sulfone groups is 1. The number of carbonyl (C=O) groups excluding carboxylic acids is 1. The van der Waals surface area contributed by atoms with Crippen LogP contribution in [-0.2, 0) is 14.6 Å². The van der Waals surface area contributed by atoms with Crippen molar-refractivity contribution < 1.29 is 18.3 Å². The van der Waals surface area contributed by atoms with Crippen LogP contribution in [0.5, 0.6) is 0 Å². The quantitative estimate of drug-likeness (QED) is 0.657. The summed E-state index contributed by atoms with van der Waals surface area (Å²) in [6, 6.07) is 0. The molecular formula is C12H23NO4S. The second-order valence-electron chi connectivity index (χ2n) is 5.25. The van der Waals surface area contributed by atoms with Crippen molar-refractivity contribution in [1.29, 1.82) is 0 Å². The highest BCUT2D eigenvalue weighted by atomic mass is 32.2. The molecule has 1 aliphatic rings. The van der Waals surface area contributed by atoms with Crippen LogP contribution in [0.4, 0.5) is 0 Å². The van der Waals surface area contributed by atoms with Gasteiger partial charge < -0.3 is 10.4 Å². The second-order valence-corrected chi connectivity index (χ2v) is 7.48. The predicted molar refractivity (Wildman–Crippen MR) is 69.9 cm³/mol. The van der Waals surface area contributed by atoms with Crippen LogP contribution in [0.15, 0.2) is 0 Å². The molecule has 1 aliphatic heterocycles. The lowest BCUT2D eigenvalue weighted by Crippen LogP contribution is -2.27. The van der Waals surface area contributed by atoms with Crippen molar-refractivity contribution in [1.82, 2.24) is 5.32 Å². The molecular weight excluding hydrogens is 254 g/mol. The Hall–Kier alpha value is -0.620. The summed E-state index contributed by atoms with van der Waals surface area (Å²) >= 11 is 0. The molecule has 1 saturated heterocycles. The first kappa shape index (κ1) is 15.4. The molecule has 2 unspecified atom stereocenters. The summed E-state index contributed by atoms with van der Waals surface area (Å²) < 4.78 is 22.5. The van der Waals surface area contributed by atoms with E-state index in [1.54, 1.807) is 0 Å². The van der Waals surface area contributed by atoms with Gasteiger partial charge in [0.15, 0.2) is 9.84 Å². The van der Waals surface area contributed by atoms with Crippen molar-refractivity contribution in [3.63, 3.8) is 0 Å². The SMILES string of the molecule is CC(CO)CCCNC(=O)CC1CCS(=O)(=O)C1. The number of hydrogen-bond acceptors (Lipinski definition) is 4.